The SMILES string of the molecule is CC(C)c1cc(C(F)F)cc(C(C)C)c1CC(=O)N=S(N)(=O)c1ccc(C(C)(C)O)cc1F.S. The van der Waals surface area contributed by atoms with Crippen molar-refractivity contribution < 1.29 is 27.3 Å². The first-order chi connectivity index (χ1) is 15.0. The van der Waals surface area contributed by atoms with Gasteiger partial charge in [0.25, 0.3) is 12.3 Å². The molecule has 0 aliphatic carbocycles. The van der Waals surface area contributed by atoms with Crippen molar-refractivity contribution >= 4 is 29.3 Å². The number of carbonyl (C=O) groups is 1. The third-order valence-corrected chi connectivity index (χ3v) is 6.79. The average Bonchev–Trinajstić information content (AvgIpc) is 2.65. The minimum atomic E-state index is -3.91. The van der Waals surface area contributed by atoms with Crippen molar-refractivity contribution in [3.63, 3.8) is 0 Å². The van der Waals surface area contributed by atoms with Gasteiger partial charge in [0.15, 0.2) is 0 Å². The van der Waals surface area contributed by atoms with Crippen molar-refractivity contribution in [1.29, 1.82) is 0 Å². The summed E-state index contributed by atoms with van der Waals surface area (Å²) in [7, 11) is -3.91. The molecule has 0 aliphatic heterocycles. The second-order valence-corrected chi connectivity index (χ2v) is 11.0. The summed E-state index contributed by atoms with van der Waals surface area (Å²) in [6, 6.07) is 6.25. The van der Waals surface area contributed by atoms with Crippen molar-refractivity contribution in [2.45, 2.75) is 76.7 Å². The van der Waals surface area contributed by atoms with E-state index in [-0.39, 0.29) is 42.9 Å². The van der Waals surface area contributed by atoms with Crippen LogP contribution in [0.1, 0.15) is 87.6 Å². The van der Waals surface area contributed by atoms with Crippen LogP contribution in [0.3, 0.4) is 0 Å². The molecular weight excluding hydrogens is 485 g/mol. The molecule has 0 bridgehead atoms. The molecule has 0 aliphatic rings. The largest absolute Gasteiger partial charge is 0.386 e. The molecule has 0 heterocycles. The topological polar surface area (TPSA) is 92.8 Å². The zero-order chi connectivity index (χ0) is 25.3. The molecule has 0 radical (unpaired) electrons. The number of benzene rings is 2. The second-order valence-electron chi connectivity index (χ2n) is 9.22. The fourth-order valence-electron chi connectivity index (χ4n) is 3.60. The number of halogens is 3. The Morgan fingerprint density at radius 3 is 1.97 bits per heavy atom. The minimum Gasteiger partial charge on any atom is -0.386 e. The normalized spacial score (nSPS) is 13.7. The van der Waals surface area contributed by atoms with Crippen molar-refractivity contribution in [3.05, 3.63) is 64.0 Å². The molecule has 0 aromatic heterocycles. The molecule has 1 unspecified atom stereocenters. The highest BCUT2D eigenvalue weighted by molar-refractivity contribution is 7.91. The molecule has 10 heteroatoms. The smallest absolute Gasteiger partial charge is 0.263 e. The maximum absolute atomic E-state index is 14.6. The summed E-state index contributed by atoms with van der Waals surface area (Å²) in [5.41, 5.74) is 0.464. The Morgan fingerprint density at radius 2 is 1.59 bits per heavy atom. The Morgan fingerprint density at radius 1 is 1.09 bits per heavy atom. The van der Waals surface area contributed by atoms with E-state index in [0.29, 0.717) is 16.7 Å². The zero-order valence-corrected chi connectivity index (χ0v) is 22.0. The van der Waals surface area contributed by atoms with Crippen molar-refractivity contribution in [3.8, 4) is 0 Å². The lowest BCUT2D eigenvalue weighted by molar-refractivity contribution is -0.117. The first kappa shape index (κ1) is 30.2. The van der Waals surface area contributed by atoms with Crippen LogP contribution in [0.2, 0.25) is 0 Å². The molecule has 0 fully saturated rings. The van der Waals surface area contributed by atoms with E-state index < -0.39 is 38.6 Å². The lowest BCUT2D eigenvalue weighted by Crippen LogP contribution is -2.20. The summed E-state index contributed by atoms with van der Waals surface area (Å²) in [4.78, 5) is 12.3. The van der Waals surface area contributed by atoms with Crippen LogP contribution in [0.4, 0.5) is 13.2 Å². The van der Waals surface area contributed by atoms with Gasteiger partial charge in [-0.3, -0.25) is 4.79 Å². The molecule has 1 amide bonds. The van der Waals surface area contributed by atoms with E-state index in [1.54, 1.807) is 0 Å². The quantitative estimate of drug-likeness (QED) is 0.484. The first-order valence-corrected chi connectivity index (χ1v) is 12.2. The Balaban J connectivity index is 0.00000578. The Hall–Kier alpha value is -1.88. The van der Waals surface area contributed by atoms with Gasteiger partial charge in [0.05, 0.1) is 16.9 Å². The van der Waals surface area contributed by atoms with Gasteiger partial charge in [0, 0.05) is 5.56 Å². The standard InChI is InChI=1S/C24H31F3N2O3S.H2S/c1-13(2)17-9-15(23(26)27)10-18(14(3)4)19(17)12-22(30)29-33(28,32)21-8-7-16(11-20(21)25)24(5,6)31;/h7-11,13-14,23,31H,12H2,1-6H3,(H2,28,29,30,32);1H2. The number of nitrogens with two attached hydrogens (primary N) is 1. The van der Waals surface area contributed by atoms with Crippen LogP contribution < -0.4 is 5.14 Å². The van der Waals surface area contributed by atoms with Crippen molar-refractivity contribution in [1.82, 2.24) is 0 Å². The van der Waals surface area contributed by atoms with E-state index in [1.165, 1.54) is 32.0 Å². The molecule has 2 aromatic carbocycles. The monoisotopic (exact) mass is 518 g/mol. The predicted molar refractivity (Wildman–Crippen MR) is 133 cm³/mol. The summed E-state index contributed by atoms with van der Waals surface area (Å²) in [5, 5.41) is 15.8. The van der Waals surface area contributed by atoms with Crippen molar-refractivity contribution in [2.75, 3.05) is 0 Å². The van der Waals surface area contributed by atoms with Crippen LogP contribution in [0.15, 0.2) is 39.6 Å². The third-order valence-electron chi connectivity index (χ3n) is 5.36. The highest BCUT2D eigenvalue weighted by Gasteiger charge is 2.24. The fourth-order valence-corrected chi connectivity index (χ4v) is 4.67. The molecule has 0 spiro atoms. The molecule has 34 heavy (non-hydrogen) atoms. The van der Waals surface area contributed by atoms with E-state index in [9.17, 15) is 27.3 Å². The molecule has 3 N–H and O–H groups in total. The molecule has 0 saturated carbocycles. The number of nitrogens with zero attached hydrogens (tertiary/aromatic N) is 1. The summed E-state index contributed by atoms with van der Waals surface area (Å²) in [6.07, 6.45) is -2.96. The van der Waals surface area contributed by atoms with Gasteiger partial charge in [-0.25, -0.2) is 22.5 Å². The maximum Gasteiger partial charge on any atom is 0.263 e. The van der Waals surface area contributed by atoms with Crippen LogP contribution in [0.5, 0.6) is 0 Å². The van der Waals surface area contributed by atoms with E-state index in [4.69, 9.17) is 5.14 Å². The van der Waals surface area contributed by atoms with Crippen LogP contribution in [0, 0.1) is 5.82 Å². The Kier molecular flexibility index (Phi) is 9.97. The van der Waals surface area contributed by atoms with Gasteiger partial charge in [-0.15, -0.1) is 4.36 Å². The Bertz CT molecular complexity index is 1140. The van der Waals surface area contributed by atoms with Gasteiger partial charge in [-0.05, 0) is 72.2 Å². The maximum atomic E-state index is 14.6. The number of rotatable bonds is 7. The van der Waals surface area contributed by atoms with E-state index in [1.807, 2.05) is 27.7 Å². The number of hydrogen-bond donors (Lipinski definition) is 2. The first-order valence-electron chi connectivity index (χ1n) is 10.6. The number of carbonyl (C=O) groups excluding carboxylic acids is 1. The lowest BCUT2D eigenvalue weighted by Gasteiger charge is -2.21. The molecule has 2 aromatic rings. The molecule has 1 atom stereocenters. The van der Waals surface area contributed by atoms with Gasteiger partial charge in [-0.2, -0.15) is 13.5 Å². The van der Waals surface area contributed by atoms with Crippen LogP contribution in [-0.4, -0.2) is 15.2 Å². The average molecular weight is 519 g/mol. The molecular formula is C24H33F3N2O3S2. The van der Waals surface area contributed by atoms with Gasteiger partial charge in [-0.1, -0.05) is 33.8 Å². The summed E-state index contributed by atoms with van der Waals surface area (Å²) in [5.74, 6) is -2.11. The fraction of sp³-hybridized carbons (Fsp3) is 0.458. The molecule has 5 nitrogen and oxygen atoms in total. The summed E-state index contributed by atoms with van der Waals surface area (Å²) >= 11 is 0. The van der Waals surface area contributed by atoms with Gasteiger partial charge >= 0.3 is 0 Å². The molecule has 2 rings (SSSR count). The summed E-state index contributed by atoms with van der Waals surface area (Å²) in [6.45, 7) is 10.2. The van der Waals surface area contributed by atoms with Crippen LogP contribution in [-0.2, 0) is 26.7 Å². The molecule has 0 saturated heterocycles. The summed E-state index contributed by atoms with van der Waals surface area (Å²) < 4.78 is 58.0. The van der Waals surface area contributed by atoms with Crippen LogP contribution >= 0.6 is 13.5 Å². The van der Waals surface area contributed by atoms with E-state index in [0.717, 1.165) is 12.1 Å². The highest BCUT2D eigenvalue weighted by Crippen LogP contribution is 2.33. The van der Waals surface area contributed by atoms with Gasteiger partial charge < -0.3 is 5.11 Å². The minimum absolute atomic E-state index is 0. The predicted octanol–water partition coefficient (Wildman–Crippen LogP) is 5.82. The van der Waals surface area contributed by atoms with E-state index in [2.05, 4.69) is 4.36 Å². The van der Waals surface area contributed by atoms with Gasteiger partial charge in [0.1, 0.15) is 15.7 Å². The van der Waals surface area contributed by atoms with Gasteiger partial charge in [0.2, 0.25) is 0 Å². The second kappa shape index (κ2) is 11.2. The number of hydrogen-bond acceptors (Lipinski definition) is 3. The highest BCUT2D eigenvalue weighted by atomic mass is 32.2. The zero-order valence-electron chi connectivity index (χ0n) is 20.2. The van der Waals surface area contributed by atoms with E-state index >= 15 is 0 Å². The number of amides is 1. The molecule has 190 valence electrons. The van der Waals surface area contributed by atoms with Crippen molar-refractivity contribution in [2.24, 2.45) is 9.50 Å². The third kappa shape index (κ3) is 7.07. The number of alkyl halides is 2. The number of aliphatic hydroxyl groups is 1. The Labute approximate surface area is 206 Å². The lowest BCUT2D eigenvalue weighted by atomic mass is 9.85. The van der Waals surface area contributed by atoms with Crippen LogP contribution in [0.25, 0.3) is 0 Å².